The number of nitrogens with two attached hydrogens (primary N) is 2. The van der Waals surface area contributed by atoms with Crippen molar-refractivity contribution in [1.82, 2.24) is 14.8 Å². The van der Waals surface area contributed by atoms with E-state index in [9.17, 15) is 4.79 Å². The van der Waals surface area contributed by atoms with Crippen LogP contribution in [0.15, 0.2) is 24.4 Å². The van der Waals surface area contributed by atoms with Crippen LogP contribution in [0.4, 0.5) is 0 Å². The van der Waals surface area contributed by atoms with Gasteiger partial charge in [-0.15, -0.1) is 0 Å². The van der Waals surface area contributed by atoms with Gasteiger partial charge in [0.15, 0.2) is 5.82 Å². The molecule has 0 radical (unpaired) electrons. The van der Waals surface area contributed by atoms with E-state index < -0.39 is 5.91 Å². The molecule has 0 bridgehead atoms. The molecule has 1 amide bonds. The van der Waals surface area contributed by atoms with Gasteiger partial charge in [-0.3, -0.25) is 4.79 Å². The lowest BCUT2D eigenvalue weighted by Crippen LogP contribution is -2.13. The molecule has 2 heterocycles. The molecule has 0 spiro atoms. The first kappa shape index (κ1) is 11.3. The van der Waals surface area contributed by atoms with Crippen molar-refractivity contribution in [2.45, 2.75) is 13.5 Å². The number of amides is 1. The van der Waals surface area contributed by atoms with Gasteiger partial charge in [0.05, 0.1) is 0 Å². The minimum Gasteiger partial charge on any atom is -0.364 e. The Morgan fingerprint density at radius 3 is 2.76 bits per heavy atom. The zero-order valence-electron chi connectivity index (χ0n) is 9.42. The van der Waals surface area contributed by atoms with Gasteiger partial charge in [-0.2, -0.15) is 5.10 Å². The second-order valence-corrected chi connectivity index (χ2v) is 3.65. The second-order valence-electron chi connectivity index (χ2n) is 3.65. The number of pyridine rings is 1. The summed E-state index contributed by atoms with van der Waals surface area (Å²) in [6, 6.07) is 5.32. The van der Waals surface area contributed by atoms with Crippen LogP contribution in [0.5, 0.6) is 0 Å². The van der Waals surface area contributed by atoms with Crippen molar-refractivity contribution >= 4 is 5.91 Å². The molecule has 4 N–H and O–H groups in total. The highest BCUT2D eigenvalue weighted by molar-refractivity contribution is 5.90. The summed E-state index contributed by atoms with van der Waals surface area (Å²) in [6.45, 7) is 2.23. The van der Waals surface area contributed by atoms with Gasteiger partial charge in [0, 0.05) is 24.0 Å². The molecular formula is C11H13N5O. The van der Waals surface area contributed by atoms with Crippen LogP contribution in [0, 0.1) is 6.92 Å². The zero-order chi connectivity index (χ0) is 12.4. The van der Waals surface area contributed by atoms with Gasteiger partial charge in [-0.05, 0) is 19.1 Å². The molecule has 0 aliphatic heterocycles. The van der Waals surface area contributed by atoms with Crippen LogP contribution in [0.2, 0.25) is 0 Å². The molecule has 88 valence electrons. The Morgan fingerprint density at radius 1 is 1.41 bits per heavy atom. The van der Waals surface area contributed by atoms with Crippen molar-refractivity contribution in [3.63, 3.8) is 0 Å². The molecule has 0 aliphatic rings. The van der Waals surface area contributed by atoms with Gasteiger partial charge in [-0.1, -0.05) is 6.07 Å². The van der Waals surface area contributed by atoms with E-state index in [4.69, 9.17) is 11.5 Å². The normalized spacial score (nSPS) is 10.5. The summed E-state index contributed by atoms with van der Waals surface area (Å²) in [5.41, 5.74) is 12.7. The minimum atomic E-state index is -0.564. The van der Waals surface area contributed by atoms with E-state index in [0.29, 0.717) is 12.4 Å². The van der Waals surface area contributed by atoms with E-state index in [1.165, 1.54) is 4.68 Å². The number of carbonyl (C=O) groups is 1. The lowest BCUT2D eigenvalue weighted by Gasteiger charge is -2.07. The summed E-state index contributed by atoms with van der Waals surface area (Å²) >= 11 is 0. The fourth-order valence-corrected chi connectivity index (χ4v) is 1.50. The van der Waals surface area contributed by atoms with Gasteiger partial charge < -0.3 is 11.5 Å². The highest BCUT2D eigenvalue weighted by Gasteiger charge is 2.10. The average Bonchev–Trinajstić information content (AvgIpc) is 2.78. The van der Waals surface area contributed by atoms with Crippen molar-refractivity contribution in [1.29, 1.82) is 0 Å². The minimum absolute atomic E-state index is 0.205. The van der Waals surface area contributed by atoms with Gasteiger partial charge in [0.2, 0.25) is 0 Å². The van der Waals surface area contributed by atoms with Crippen LogP contribution in [-0.2, 0) is 6.54 Å². The van der Waals surface area contributed by atoms with E-state index >= 15 is 0 Å². The summed E-state index contributed by atoms with van der Waals surface area (Å²) in [5, 5.41) is 4.05. The molecule has 0 saturated carbocycles. The van der Waals surface area contributed by atoms with Crippen molar-refractivity contribution in [3.8, 4) is 5.82 Å². The van der Waals surface area contributed by atoms with Gasteiger partial charge in [-0.25, -0.2) is 9.67 Å². The standard InChI is InChI=1S/C11H13N5O/c1-7-2-3-8(6-12)11(14-7)16-5-4-9(15-16)10(13)17/h2-5H,6,12H2,1H3,(H2,13,17). The monoisotopic (exact) mass is 231 g/mol. The number of primary amides is 1. The quantitative estimate of drug-likeness (QED) is 0.784. The van der Waals surface area contributed by atoms with E-state index in [-0.39, 0.29) is 5.69 Å². The fraction of sp³-hybridized carbons (Fsp3) is 0.182. The summed E-state index contributed by atoms with van der Waals surface area (Å²) in [6.07, 6.45) is 1.64. The Balaban J connectivity index is 2.51. The molecule has 2 rings (SSSR count). The number of nitrogens with zero attached hydrogens (tertiary/aromatic N) is 3. The van der Waals surface area contributed by atoms with E-state index in [1.54, 1.807) is 12.3 Å². The highest BCUT2D eigenvalue weighted by atomic mass is 16.1. The third-order valence-electron chi connectivity index (χ3n) is 2.37. The molecule has 17 heavy (non-hydrogen) atoms. The third kappa shape index (κ3) is 2.16. The van der Waals surface area contributed by atoms with Crippen molar-refractivity contribution in [3.05, 3.63) is 41.3 Å². The topological polar surface area (TPSA) is 99.8 Å². The molecule has 2 aromatic rings. The van der Waals surface area contributed by atoms with Crippen LogP contribution in [0.1, 0.15) is 21.7 Å². The van der Waals surface area contributed by atoms with E-state index in [1.807, 2.05) is 19.1 Å². The molecule has 2 aromatic heterocycles. The Morgan fingerprint density at radius 2 is 2.18 bits per heavy atom. The van der Waals surface area contributed by atoms with Gasteiger partial charge in [0.25, 0.3) is 5.91 Å². The number of aromatic nitrogens is 3. The lowest BCUT2D eigenvalue weighted by molar-refractivity contribution is 0.0995. The van der Waals surface area contributed by atoms with Crippen molar-refractivity contribution in [2.24, 2.45) is 11.5 Å². The molecule has 0 unspecified atom stereocenters. The lowest BCUT2D eigenvalue weighted by atomic mass is 10.2. The molecule has 0 aliphatic carbocycles. The first-order valence-electron chi connectivity index (χ1n) is 5.14. The first-order valence-corrected chi connectivity index (χ1v) is 5.14. The molecule has 0 aromatic carbocycles. The largest absolute Gasteiger partial charge is 0.364 e. The van der Waals surface area contributed by atoms with E-state index in [0.717, 1.165) is 11.3 Å². The first-order chi connectivity index (χ1) is 8.11. The molecule has 6 heteroatoms. The fourth-order valence-electron chi connectivity index (χ4n) is 1.50. The van der Waals surface area contributed by atoms with Gasteiger partial charge >= 0.3 is 0 Å². The SMILES string of the molecule is Cc1ccc(CN)c(-n2ccc(C(N)=O)n2)n1. The average molecular weight is 231 g/mol. The maximum absolute atomic E-state index is 11.0. The number of carbonyl (C=O) groups excluding carboxylic acids is 1. The number of hydrogen-bond acceptors (Lipinski definition) is 4. The van der Waals surface area contributed by atoms with E-state index in [2.05, 4.69) is 10.1 Å². The number of rotatable bonds is 3. The highest BCUT2D eigenvalue weighted by Crippen LogP contribution is 2.12. The van der Waals surface area contributed by atoms with Crippen LogP contribution >= 0.6 is 0 Å². The molecule has 0 saturated heterocycles. The predicted molar refractivity (Wildman–Crippen MR) is 62.5 cm³/mol. The maximum atomic E-state index is 11.0. The molecular weight excluding hydrogens is 218 g/mol. The van der Waals surface area contributed by atoms with Crippen molar-refractivity contribution in [2.75, 3.05) is 0 Å². The third-order valence-corrected chi connectivity index (χ3v) is 2.37. The smallest absolute Gasteiger partial charge is 0.269 e. The van der Waals surface area contributed by atoms with Crippen LogP contribution in [0.25, 0.3) is 5.82 Å². The molecule has 0 atom stereocenters. The van der Waals surface area contributed by atoms with Crippen LogP contribution in [-0.4, -0.2) is 20.7 Å². The summed E-state index contributed by atoms with van der Waals surface area (Å²) < 4.78 is 1.51. The van der Waals surface area contributed by atoms with Crippen LogP contribution in [0.3, 0.4) is 0 Å². The Bertz CT molecular complexity index is 561. The zero-order valence-corrected chi connectivity index (χ0v) is 9.42. The Labute approximate surface area is 98.3 Å². The van der Waals surface area contributed by atoms with Crippen molar-refractivity contribution < 1.29 is 4.79 Å². The summed E-state index contributed by atoms with van der Waals surface area (Å²) in [4.78, 5) is 15.3. The second kappa shape index (κ2) is 4.34. The Hall–Kier alpha value is -2.21. The summed E-state index contributed by atoms with van der Waals surface area (Å²) in [5.74, 6) is 0.0608. The molecule has 6 nitrogen and oxygen atoms in total. The maximum Gasteiger partial charge on any atom is 0.269 e. The van der Waals surface area contributed by atoms with Crippen LogP contribution < -0.4 is 11.5 Å². The predicted octanol–water partition coefficient (Wildman–Crippen LogP) is 0.133. The number of hydrogen-bond donors (Lipinski definition) is 2. The Kier molecular flexibility index (Phi) is 2.88. The van der Waals surface area contributed by atoms with Gasteiger partial charge in [0.1, 0.15) is 5.69 Å². The summed E-state index contributed by atoms with van der Waals surface area (Å²) in [7, 11) is 0. The number of aryl methyl sites for hydroxylation is 1. The molecule has 0 fully saturated rings.